The summed E-state index contributed by atoms with van der Waals surface area (Å²) in [5.41, 5.74) is 12.8. The monoisotopic (exact) mass is 309 g/mol. The van der Waals surface area contributed by atoms with Crippen molar-refractivity contribution >= 4 is 23.1 Å². The second kappa shape index (κ2) is 6.84. The molecule has 1 saturated heterocycles. The van der Waals surface area contributed by atoms with Crippen LogP contribution in [0, 0.1) is 0 Å². The lowest BCUT2D eigenvalue weighted by Crippen LogP contribution is -2.51. The van der Waals surface area contributed by atoms with Gasteiger partial charge in [0.2, 0.25) is 5.91 Å². The molecule has 0 saturated carbocycles. The fourth-order valence-electron chi connectivity index (χ4n) is 2.37. The van der Waals surface area contributed by atoms with Crippen molar-refractivity contribution in [2.24, 2.45) is 11.5 Å². The number of carbonyl (C=O) groups is 1. The first-order valence-corrected chi connectivity index (χ1v) is 7.01. The predicted molar refractivity (Wildman–Crippen MR) is 83.1 cm³/mol. The first-order chi connectivity index (χ1) is 10.0. The lowest BCUT2D eigenvalue weighted by Gasteiger charge is -2.33. The molecule has 1 heterocycles. The second-order valence-corrected chi connectivity index (χ2v) is 5.30. The smallest absolute Gasteiger partial charge is 0.237 e. The zero-order valence-corrected chi connectivity index (χ0v) is 12.7. The van der Waals surface area contributed by atoms with Gasteiger partial charge in [-0.25, -0.2) is 0 Å². The number of primary amides is 1. The summed E-state index contributed by atoms with van der Waals surface area (Å²) in [6.45, 7) is 2.15. The van der Waals surface area contributed by atoms with Crippen LogP contribution in [0.15, 0.2) is 18.2 Å². The van der Waals surface area contributed by atoms with Crippen LogP contribution < -0.4 is 16.2 Å². The van der Waals surface area contributed by atoms with E-state index < -0.39 is 6.04 Å². The number of morpholine rings is 1. The minimum Gasteiger partial charge on any atom is -0.496 e. The van der Waals surface area contributed by atoms with E-state index >= 15 is 0 Å². The molecule has 1 fully saturated rings. The topological polar surface area (TPSA) is 90.8 Å². The number of thiocarbonyl (C=S) groups is 1. The highest BCUT2D eigenvalue weighted by molar-refractivity contribution is 7.80. The van der Waals surface area contributed by atoms with Crippen molar-refractivity contribution in [1.82, 2.24) is 4.90 Å². The number of benzene rings is 1. The Hall–Kier alpha value is -1.70. The van der Waals surface area contributed by atoms with Gasteiger partial charge < -0.3 is 20.9 Å². The Bertz CT molecular complexity index is 550. The quantitative estimate of drug-likeness (QED) is 0.745. The third-order valence-corrected chi connectivity index (χ3v) is 3.70. The minimum absolute atomic E-state index is 0.280. The molecule has 1 aliphatic rings. The predicted octanol–water partition coefficient (Wildman–Crippen LogP) is 0.0155. The summed E-state index contributed by atoms with van der Waals surface area (Å²) in [5, 5.41) is 0. The molecule has 1 aromatic carbocycles. The SMILES string of the molecule is COc1ccc(CN2CCOCC2C(N)=O)cc1C(N)=S. The van der Waals surface area contributed by atoms with Crippen molar-refractivity contribution in [3.63, 3.8) is 0 Å². The summed E-state index contributed by atoms with van der Waals surface area (Å²) >= 11 is 5.03. The summed E-state index contributed by atoms with van der Waals surface area (Å²) in [5.74, 6) is 0.262. The van der Waals surface area contributed by atoms with Gasteiger partial charge in [0.05, 0.1) is 25.9 Å². The van der Waals surface area contributed by atoms with E-state index in [4.69, 9.17) is 33.2 Å². The van der Waals surface area contributed by atoms with Crippen molar-refractivity contribution in [2.75, 3.05) is 26.9 Å². The van der Waals surface area contributed by atoms with Gasteiger partial charge in [-0.1, -0.05) is 18.3 Å². The first-order valence-electron chi connectivity index (χ1n) is 6.60. The molecule has 0 bridgehead atoms. The van der Waals surface area contributed by atoms with Gasteiger partial charge >= 0.3 is 0 Å². The van der Waals surface area contributed by atoms with Crippen LogP contribution in [-0.4, -0.2) is 48.7 Å². The molecule has 1 amide bonds. The number of ether oxygens (including phenoxy) is 2. The molecule has 7 heteroatoms. The van der Waals surface area contributed by atoms with Gasteiger partial charge in [0.25, 0.3) is 0 Å². The van der Waals surface area contributed by atoms with Crippen molar-refractivity contribution in [3.05, 3.63) is 29.3 Å². The lowest BCUT2D eigenvalue weighted by molar-refractivity contribution is -0.129. The Morgan fingerprint density at radius 1 is 1.52 bits per heavy atom. The number of nitrogens with zero attached hydrogens (tertiary/aromatic N) is 1. The van der Waals surface area contributed by atoms with E-state index in [1.807, 2.05) is 23.1 Å². The third-order valence-electron chi connectivity index (χ3n) is 3.48. The molecule has 0 aromatic heterocycles. The number of amides is 1. The van der Waals surface area contributed by atoms with Gasteiger partial charge in [-0.2, -0.15) is 0 Å². The van der Waals surface area contributed by atoms with E-state index in [1.54, 1.807) is 7.11 Å². The Kier molecular flexibility index (Phi) is 5.11. The van der Waals surface area contributed by atoms with Crippen LogP contribution in [0.4, 0.5) is 0 Å². The van der Waals surface area contributed by atoms with Crippen LogP contribution >= 0.6 is 12.2 Å². The number of nitrogens with two attached hydrogens (primary N) is 2. The molecule has 1 unspecified atom stereocenters. The van der Waals surface area contributed by atoms with E-state index in [2.05, 4.69) is 0 Å². The molecule has 0 spiro atoms. The summed E-state index contributed by atoms with van der Waals surface area (Å²) in [7, 11) is 1.57. The number of rotatable bonds is 5. The van der Waals surface area contributed by atoms with Gasteiger partial charge in [0.1, 0.15) is 16.8 Å². The van der Waals surface area contributed by atoms with Gasteiger partial charge in [-0.05, 0) is 17.7 Å². The Labute approximate surface area is 129 Å². The summed E-state index contributed by atoms with van der Waals surface area (Å²) < 4.78 is 10.5. The zero-order valence-electron chi connectivity index (χ0n) is 11.9. The lowest BCUT2D eigenvalue weighted by atomic mass is 10.1. The van der Waals surface area contributed by atoms with Crippen molar-refractivity contribution in [1.29, 1.82) is 0 Å². The van der Waals surface area contributed by atoms with Gasteiger partial charge in [0.15, 0.2) is 0 Å². The highest BCUT2D eigenvalue weighted by atomic mass is 32.1. The molecular weight excluding hydrogens is 290 g/mol. The van der Waals surface area contributed by atoms with Crippen LogP contribution in [0.5, 0.6) is 5.75 Å². The van der Waals surface area contributed by atoms with Crippen LogP contribution in [0.2, 0.25) is 0 Å². The molecule has 1 aromatic rings. The maximum Gasteiger partial charge on any atom is 0.237 e. The van der Waals surface area contributed by atoms with Crippen LogP contribution in [0.25, 0.3) is 0 Å². The maximum absolute atomic E-state index is 11.5. The normalized spacial score (nSPS) is 19.2. The molecule has 6 nitrogen and oxygen atoms in total. The number of carbonyl (C=O) groups excluding carboxylic acids is 1. The molecule has 21 heavy (non-hydrogen) atoms. The summed E-state index contributed by atoms with van der Waals surface area (Å²) in [6.07, 6.45) is 0. The number of methoxy groups -OCH3 is 1. The average Bonchev–Trinajstić information content (AvgIpc) is 2.47. The molecule has 0 aliphatic carbocycles. The largest absolute Gasteiger partial charge is 0.496 e. The van der Waals surface area contributed by atoms with E-state index in [1.165, 1.54) is 0 Å². The Balaban J connectivity index is 2.20. The zero-order chi connectivity index (χ0) is 15.4. The summed E-state index contributed by atoms with van der Waals surface area (Å²) in [4.78, 5) is 13.7. The molecule has 4 N–H and O–H groups in total. The third kappa shape index (κ3) is 3.69. The average molecular weight is 309 g/mol. The van der Waals surface area contributed by atoms with Crippen molar-refractivity contribution in [3.8, 4) is 5.75 Å². The highest BCUT2D eigenvalue weighted by Crippen LogP contribution is 2.21. The van der Waals surface area contributed by atoms with Gasteiger partial charge in [-0.3, -0.25) is 9.69 Å². The summed E-state index contributed by atoms with van der Waals surface area (Å²) in [6, 6.07) is 5.22. The maximum atomic E-state index is 11.5. The fraction of sp³-hybridized carbons (Fsp3) is 0.429. The second-order valence-electron chi connectivity index (χ2n) is 4.86. The van der Waals surface area contributed by atoms with Crippen LogP contribution in [0.3, 0.4) is 0 Å². The molecule has 1 aliphatic heterocycles. The van der Waals surface area contributed by atoms with Crippen molar-refractivity contribution < 1.29 is 14.3 Å². The fourth-order valence-corrected chi connectivity index (χ4v) is 2.53. The highest BCUT2D eigenvalue weighted by Gasteiger charge is 2.27. The number of hydrogen-bond acceptors (Lipinski definition) is 5. The minimum atomic E-state index is -0.408. The molecular formula is C14H19N3O3S. The van der Waals surface area contributed by atoms with E-state index in [0.29, 0.717) is 37.6 Å². The molecule has 1 atom stereocenters. The van der Waals surface area contributed by atoms with E-state index in [0.717, 1.165) is 5.56 Å². The molecule has 2 rings (SSSR count). The van der Waals surface area contributed by atoms with Crippen molar-refractivity contribution in [2.45, 2.75) is 12.6 Å². The van der Waals surface area contributed by atoms with E-state index in [-0.39, 0.29) is 10.9 Å². The molecule has 0 radical (unpaired) electrons. The van der Waals surface area contributed by atoms with Gasteiger partial charge in [0, 0.05) is 13.1 Å². The Morgan fingerprint density at radius 2 is 2.29 bits per heavy atom. The van der Waals surface area contributed by atoms with Gasteiger partial charge in [-0.15, -0.1) is 0 Å². The Morgan fingerprint density at radius 3 is 2.90 bits per heavy atom. The number of hydrogen-bond donors (Lipinski definition) is 2. The first kappa shape index (κ1) is 15.7. The van der Waals surface area contributed by atoms with Crippen LogP contribution in [-0.2, 0) is 16.1 Å². The van der Waals surface area contributed by atoms with Crippen LogP contribution in [0.1, 0.15) is 11.1 Å². The van der Waals surface area contributed by atoms with E-state index in [9.17, 15) is 4.79 Å². The molecule has 114 valence electrons. The standard InChI is InChI=1S/C14H19N3O3S/c1-19-12-3-2-9(6-10(12)14(16)21)7-17-4-5-20-8-11(17)13(15)18/h2-3,6,11H,4-5,7-8H2,1H3,(H2,15,18)(H2,16,21).